The van der Waals surface area contributed by atoms with E-state index in [9.17, 15) is 20.1 Å². The SMILES string of the molecule is C=C(C)[C@@H](CC=C(C)C)Cc1c(O)cc(O)c2c1O[C@@H](c1ccc(O)cc1OC)CC2=O. The zero-order valence-electron chi connectivity index (χ0n) is 18.9. The maximum Gasteiger partial charge on any atom is 0.174 e. The number of allylic oxidation sites excluding steroid dienone is 3. The number of carbonyl (C=O) groups excluding carboxylic acids is 1. The smallest absolute Gasteiger partial charge is 0.174 e. The Balaban J connectivity index is 2.07. The molecule has 1 heterocycles. The normalized spacial score (nSPS) is 16.0. The van der Waals surface area contributed by atoms with Crippen molar-refractivity contribution in [1.82, 2.24) is 0 Å². The van der Waals surface area contributed by atoms with Crippen molar-refractivity contribution in [3.8, 4) is 28.7 Å². The minimum Gasteiger partial charge on any atom is -0.508 e. The number of phenolic OH excluding ortho intramolecular Hbond substituents is 3. The monoisotopic (exact) mass is 438 g/mol. The van der Waals surface area contributed by atoms with Gasteiger partial charge in [0.1, 0.15) is 40.4 Å². The van der Waals surface area contributed by atoms with Crippen molar-refractivity contribution in [2.75, 3.05) is 7.11 Å². The van der Waals surface area contributed by atoms with Gasteiger partial charge in [-0.2, -0.15) is 0 Å². The Bertz CT molecular complexity index is 1080. The molecule has 0 fully saturated rings. The number of Topliss-reactive ketones (excluding diaryl/α,β-unsaturated/α-hetero) is 1. The molecule has 0 aliphatic carbocycles. The van der Waals surface area contributed by atoms with Crippen LogP contribution in [0.5, 0.6) is 28.7 Å². The highest BCUT2D eigenvalue weighted by molar-refractivity contribution is 6.03. The second-order valence-electron chi connectivity index (χ2n) is 8.52. The summed E-state index contributed by atoms with van der Waals surface area (Å²) in [6.45, 7) is 10.1. The van der Waals surface area contributed by atoms with Gasteiger partial charge >= 0.3 is 0 Å². The molecule has 3 rings (SSSR count). The number of aromatic hydroxyl groups is 3. The van der Waals surface area contributed by atoms with E-state index in [0.717, 1.165) is 12.0 Å². The molecule has 6 heteroatoms. The van der Waals surface area contributed by atoms with Crippen LogP contribution in [0.1, 0.15) is 61.2 Å². The lowest BCUT2D eigenvalue weighted by Crippen LogP contribution is -2.23. The van der Waals surface area contributed by atoms with Crippen LogP contribution in [-0.2, 0) is 6.42 Å². The molecule has 2 aromatic rings. The van der Waals surface area contributed by atoms with Gasteiger partial charge in [-0.05, 0) is 51.7 Å². The van der Waals surface area contributed by atoms with Gasteiger partial charge in [0, 0.05) is 23.3 Å². The molecule has 32 heavy (non-hydrogen) atoms. The molecule has 0 radical (unpaired) electrons. The maximum atomic E-state index is 13.0. The molecule has 0 unspecified atom stereocenters. The van der Waals surface area contributed by atoms with Gasteiger partial charge < -0.3 is 24.8 Å². The second-order valence-corrected chi connectivity index (χ2v) is 8.52. The van der Waals surface area contributed by atoms with E-state index in [1.54, 1.807) is 6.07 Å². The van der Waals surface area contributed by atoms with Crippen molar-refractivity contribution in [2.45, 2.75) is 46.1 Å². The van der Waals surface area contributed by atoms with Crippen LogP contribution in [0.15, 0.2) is 48.1 Å². The molecule has 0 saturated heterocycles. The molecule has 0 spiro atoms. The van der Waals surface area contributed by atoms with Crippen LogP contribution in [0, 0.1) is 5.92 Å². The number of hydrogen-bond donors (Lipinski definition) is 3. The number of fused-ring (bicyclic) bond motifs is 1. The Kier molecular flexibility index (Phi) is 6.82. The van der Waals surface area contributed by atoms with Crippen molar-refractivity contribution in [3.05, 3.63) is 64.8 Å². The van der Waals surface area contributed by atoms with Crippen molar-refractivity contribution in [3.63, 3.8) is 0 Å². The van der Waals surface area contributed by atoms with Crippen molar-refractivity contribution in [2.24, 2.45) is 5.92 Å². The molecular formula is C26H30O6. The van der Waals surface area contributed by atoms with Crippen molar-refractivity contribution in [1.29, 1.82) is 0 Å². The van der Waals surface area contributed by atoms with E-state index in [1.165, 1.54) is 30.9 Å². The number of hydrogen-bond acceptors (Lipinski definition) is 6. The highest BCUT2D eigenvalue weighted by Crippen LogP contribution is 2.47. The lowest BCUT2D eigenvalue weighted by Gasteiger charge is -2.30. The zero-order chi connectivity index (χ0) is 23.6. The van der Waals surface area contributed by atoms with Crippen LogP contribution in [-0.4, -0.2) is 28.2 Å². The van der Waals surface area contributed by atoms with Crippen LogP contribution in [0.4, 0.5) is 0 Å². The van der Waals surface area contributed by atoms with E-state index in [1.807, 2.05) is 20.8 Å². The van der Waals surface area contributed by atoms with Gasteiger partial charge in [0.25, 0.3) is 0 Å². The lowest BCUT2D eigenvalue weighted by atomic mass is 9.86. The third-order valence-electron chi connectivity index (χ3n) is 5.77. The molecular weight excluding hydrogens is 408 g/mol. The molecule has 0 aromatic heterocycles. The fourth-order valence-electron chi connectivity index (χ4n) is 3.95. The Hall–Kier alpha value is -3.41. The second kappa shape index (κ2) is 9.39. The molecule has 170 valence electrons. The first kappa shape index (κ1) is 23.3. The third kappa shape index (κ3) is 4.74. The van der Waals surface area contributed by atoms with Gasteiger partial charge in [0.2, 0.25) is 0 Å². The standard InChI is InChI=1S/C26H30O6/c1-14(2)6-7-16(15(3)4)10-19-20(28)12-21(29)25-22(30)13-24(32-26(19)25)18-9-8-17(27)11-23(18)31-5/h6,8-9,11-12,16,24,27-29H,3,7,10,13H2,1-2,4-5H3/t16-,24+/m0/s1. The number of rotatable bonds is 7. The van der Waals surface area contributed by atoms with E-state index >= 15 is 0 Å². The molecule has 0 saturated carbocycles. The number of ether oxygens (including phenoxy) is 2. The molecule has 6 nitrogen and oxygen atoms in total. The van der Waals surface area contributed by atoms with Gasteiger partial charge in [0.15, 0.2) is 5.78 Å². The van der Waals surface area contributed by atoms with E-state index in [-0.39, 0.29) is 46.7 Å². The Morgan fingerprint density at radius 2 is 1.94 bits per heavy atom. The quantitative estimate of drug-likeness (QED) is 0.486. The van der Waals surface area contributed by atoms with Crippen LogP contribution >= 0.6 is 0 Å². The van der Waals surface area contributed by atoms with Crippen molar-refractivity contribution >= 4 is 5.78 Å². The van der Waals surface area contributed by atoms with Gasteiger partial charge in [-0.1, -0.05) is 23.8 Å². The summed E-state index contributed by atoms with van der Waals surface area (Å²) in [5.41, 5.74) is 3.26. The summed E-state index contributed by atoms with van der Waals surface area (Å²) in [6.07, 6.45) is 2.55. The topological polar surface area (TPSA) is 96.2 Å². The first-order valence-corrected chi connectivity index (χ1v) is 10.6. The number of methoxy groups -OCH3 is 1. The molecule has 0 bridgehead atoms. The predicted molar refractivity (Wildman–Crippen MR) is 123 cm³/mol. The van der Waals surface area contributed by atoms with Gasteiger partial charge in [0.05, 0.1) is 13.5 Å². The van der Waals surface area contributed by atoms with Crippen LogP contribution < -0.4 is 9.47 Å². The molecule has 0 amide bonds. The highest BCUT2D eigenvalue weighted by Gasteiger charge is 2.35. The molecule has 1 aliphatic rings. The van der Waals surface area contributed by atoms with Gasteiger partial charge in [-0.3, -0.25) is 4.79 Å². The highest BCUT2D eigenvalue weighted by atomic mass is 16.5. The number of ketones is 1. The molecule has 2 aromatic carbocycles. The molecule has 2 atom stereocenters. The minimum absolute atomic E-state index is 0.00636. The fraction of sp³-hybridized carbons (Fsp3) is 0.346. The van der Waals surface area contributed by atoms with E-state index in [0.29, 0.717) is 23.3 Å². The third-order valence-corrected chi connectivity index (χ3v) is 5.77. The van der Waals surface area contributed by atoms with E-state index < -0.39 is 6.10 Å². The average Bonchev–Trinajstić information content (AvgIpc) is 2.71. The summed E-state index contributed by atoms with van der Waals surface area (Å²) in [7, 11) is 1.47. The number of carbonyl (C=O) groups is 1. The summed E-state index contributed by atoms with van der Waals surface area (Å²) in [5, 5.41) is 30.8. The van der Waals surface area contributed by atoms with Gasteiger partial charge in [-0.25, -0.2) is 0 Å². The summed E-state index contributed by atoms with van der Waals surface area (Å²) in [6, 6.07) is 5.80. The Morgan fingerprint density at radius 1 is 1.22 bits per heavy atom. The van der Waals surface area contributed by atoms with E-state index in [2.05, 4.69) is 12.7 Å². The van der Waals surface area contributed by atoms with Gasteiger partial charge in [-0.15, -0.1) is 0 Å². The lowest BCUT2D eigenvalue weighted by molar-refractivity contribution is 0.0838. The molecule has 1 aliphatic heterocycles. The van der Waals surface area contributed by atoms with Crippen LogP contribution in [0.2, 0.25) is 0 Å². The Morgan fingerprint density at radius 3 is 2.56 bits per heavy atom. The number of phenols is 3. The molecule has 3 N–H and O–H groups in total. The largest absolute Gasteiger partial charge is 0.508 e. The van der Waals surface area contributed by atoms with Crippen LogP contribution in [0.3, 0.4) is 0 Å². The summed E-state index contributed by atoms with van der Waals surface area (Å²) < 4.78 is 11.6. The Labute approximate surface area is 188 Å². The first-order chi connectivity index (χ1) is 15.1. The summed E-state index contributed by atoms with van der Waals surface area (Å²) in [4.78, 5) is 13.0. The van der Waals surface area contributed by atoms with E-state index in [4.69, 9.17) is 9.47 Å². The zero-order valence-corrected chi connectivity index (χ0v) is 18.9. The average molecular weight is 439 g/mol. The maximum absolute atomic E-state index is 13.0. The predicted octanol–water partition coefficient (Wildman–Crippen LogP) is 5.61. The summed E-state index contributed by atoms with van der Waals surface area (Å²) >= 11 is 0. The van der Waals surface area contributed by atoms with Crippen LogP contribution in [0.25, 0.3) is 0 Å². The fourth-order valence-corrected chi connectivity index (χ4v) is 3.95. The van der Waals surface area contributed by atoms with Crippen molar-refractivity contribution < 1.29 is 29.6 Å². The summed E-state index contributed by atoms with van der Waals surface area (Å²) in [5.74, 6) is -0.0991. The first-order valence-electron chi connectivity index (χ1n) is 10.6. The minimum atomic E-state index is -0.688. The number of benzene rings is 2.